The van der Waals surface area contributed by atoms with E-state index in [2.05, 4.69) is 10.6 Å². The molecule has 0 saturated heterocycles. The fourth-order valence-corrected chi connectivity index (χ4v) is 1.96. The highest BCUT2D eigenvalue weighted by Gasteiger charge is 2.08. The number of carbonyl (C=O) groups is 2. The van der Waals surface area contributed by atoms with Crippen molar-refractivity contribution in [1.29, 1.82) is 0 Å². The molecule has 2 aromatic rings. The van der Waals surface area contributed by atoms with Gasteiger partial charge in [-0.3, -0.25) is 9.59 Å². The SMILES string of the molecule is O=C(Cc1ccccc1)NCC(=O)Nc1ccccc1Cl. The molecule has 0 aliphatic carbocycles. The molecule has 0 heterocycles. The van der Waals surface area contributed by atoms with Gasteiger partial charge in [0.25, 0.3) is 0 Å². The fourth-order valence-electron chi connectivity index (χ4n) is 1.78. The number of para-hydroxylation sites is 1. The maximum Gasteiger partial charge on any atom is 0.243 e. The molecule has 2 rings (SSSR count). The van der Waals surface area contributed by atoms with Gasteiger partial charge in [0, 0.05) is 0 Å². The van der Waals surface area contributed by atoms with Gasteiger partial charge in [-0.2, -0.15) is 0 Å². The van der Waals surface area contributed by atoms with Crippen LogP contribution < -0.4 is 10.6 Å². The van der Waals surface area contributed by atoms with Crippen LogP contribution in [0.25, 0.3) is 0 Å². The Hall–Kier alpha value is -2.33. The summed E-state index contributed by atoms with van der Waals surface area (Å²) in [6, 6.07) is 16.3. The van der Waals surface area contributed by atoms with E-state index >= 15 is 0 Å². The quantitative estimate of drug-likeness (QED) is 0.892. The molecule has 0 aromatic heterocycles. The van der Waals surface area contributed by atoms with Crippen molar-refractivity contribution >= 4 is 29.1 Å². The minimum Gasteiger partial charge on any atom is -0.347 e. The van der Waals surface area contributed by atoms with Gasteiger partial charge in [0.15, 0.2) is 0 Å². The van der Waals surface area contributed by atoms with Crippen LogP contribution in [0, 0.1) is 0 Å². The highest BCUT2D eigenvalue weighted by molar-refractivity contribution is 6.33. The maximum absolute atomic E-state index is 11.7. The van der Waals surface area contributed by atoms with Crippen LogP contribution in [0.2, 0.25) is 5.02 Å². The number of halogens is 1. The van der Waals surface area contributed by atoms with E-state index < -0.39 is 0 Å². The average Bonchev–Trinajstić information content (AvgIpc) is 2.49. The third-order valence-corrected chi connectivity index (χ3v) is 3.13. The summed E-state index contributed by atoms with van der Waals surface area (Å²) in [5, 5.41) is 5.68. The van der Waals surface area contributed by atoms with Crippen LogP contribution in [-0.2, 0) is 16.0 Å². The highest BCUT2D eigenvalue weighted by atomic mass is 35.5. The minimum absolute atomic E-state index is 0.0864. The van der Waals surface area contributed by atoms with Crippen molar-refractivity contribution in [3.05, 3.63) is 65.2 Å². The van der Waals surface area contributed by atoms with Crippen LogP contribution in [-0.4, -0.2) is 18.4 Å². The fraction of sp³-hybridized carbons (Fsp3) is 0.125. The highest BCUT2D eigenvalue weighted by Crippen LogP contribution is 2.19. The lowest BCUT2D eigenvalue weighted by molar-refractivity contribution is -0.123. The summed E-state index contributed by atoms with van der Waals surface area (Å²) in [6.07, 6.45) is 0.250. The Labute approximate surface area is 128 Å². The van der Waals surface area contributed by atoms with Gasteiger partial charge < -0.3 is 10.6 Å². The van der Waals surface area contributed by atoms with Crippen molar-refractivity contribution in [1.82, 2.24) is 5.32 Å². The molecule has 21 heavy (non-hydrogen) atoms. The van der Waals surface area contributed by atoms with Crippen molar-refractivity contribution < 1.29 is 9.59 Å². The van der Waals surface area contributed by atoms with Crippen LogP contribution in [0.4, 0.5) is 5.69 Å². The summed E-state index contributed by atoms with van der Waals surface area (Å²) in [7, 11) is 0. The van der Waals surface area contributed by atoms with Crippen molar-refractivity contribution in [2.75, 3.05) is 11.9 Å². The Balaban J connectivity index is 1.79. The molecule has 0 saturated carbocycles. The number of hydrogen-bond acceptors (Lipinski definition) is 2. The van der Waals surface area contributed by atoms with Gasteiger partial charge in [0.1, 0.15) is 0 Å². The summed E-state index contributed by atoms with van der Waals surface area (Å²) in [5.74, 6) is -0.514. The summed E-state index contributed by atoms with van der Waals surface area (Å²) in [6.45, 7) is -0.0864. The Morgan fingerprint density at radius 1 is 0.905 bits per heavy atom. The topological polar surface area (TPSA) is 58.2 Å². The number of hydrogen-bond donors (Lipinski definition) is 2. The van der Waals surface area contributed by atoms with Crippen LogP contribution in [0.5, 0.6) is 0 Å². The van der Waals surface area contributed by atoms with Gasteiger partial charge in [-0.05, 0) is 17.7 Å². The first-order valence-electron chi connectivity index (χ1n) is 6.50. The predicted molar refractivity (Wildman–Crippen MR) is 83.2 cm³/mol. The van der Waals surface area contributed by atoms with Gasteiger partial charge in [-0.15, -0.1) is 0 Å². The third kappa shape index (κ3) is 4.93. The summed E-state index contributed by atoms with van der Waals surface area (Å²) < 4.78 is 0. The smallest absolute Gasteiger partial charge is 0.243 e. The Morgan fingerprint density at radius 2 is 1.57 bits per heavy atom. The molecule has 0 radical (unpaired) electrons. The van der Waals surface area contributed by atoms with Crippen molar-refractivity contribution in [3.8, 4) is 0 Å². The predicted octanol–water partition coefficient (Wildman–Crippen LogP) is 2.64. The van der Waals surface area contributed by atoms with Crippen LogP contribution in [0.3, 0.4) is 0 Å². The van der Waals surface area contributed by atoms with Gasteiger partial charge in [-0.1, -0.05) is 54.1 Å². The molecule has 0 aliphatic rings. The molecule has 0 aliphatic heterocycles. The van der Waals surface area contributed by atoms with Crippen molar-refractivity contribution in [3.63, 3.8) is 0 Å². The number of nitrogens with one attached hydrogen (secondary N) is 2. The molecule has 0 fully saturated rings. The molecular weight excluding hydrogens is 288 g/mol. The number of anilines is 1. The second-order valence-corrected chi connectivity index (χ2v) is 4.87. The van der Waals surface area contributed by atoms with Gasteiger partial charge in [-0.25, -0.2) is 0 Å². The number of rotatable bonds is 5. The number of amides is 2. The zero-order valence-electron chi connectivity index (χ0n) is 11.3. The summed E-state index contributed by atoms with van der Waals surface area (Å²) in [4.78, 5) is 23.5. The lowest BCUT2D eigenvalue weighted by Gasteiger charge is -2.08. The standard InChI is InChI=1S/C16H15ClN2O2/c17-13-8-4-5-9-14(13)19-16(21)11-18-15(20)10-12-6-2-1-3-7-12/h1-9H,10-11H2,(H,18,20)(H,19,21). The van der Waals surface area contributed by atoms with E-state index in [9.17, 15) is 9.59 Å². The van der Waals surface area contributed by atoms with Gasteiger partial charge in [0.2, 0.25) is 11.8 Å². The molecule has 4 nitrogen and oxygen atoms in total. The zero-order valence-corrected chi connectivity index (χ0v) is 12.1. The lowest BCUT2D eigenvalue weighted by atomic mass is 10.1. The van der Waals surface area contributed by atoms with Crippen LogP contribution >= 0.6 is 11.6 Å². The first-order valence-corrected chi connectivity index (χ1v) is 6.88. The van der Waals surface area contributed by atoms with E-state index in [1.165, 1.54) is 0 Å². The summed E-state index contributed by atoms with van der Waals surface area (Å²) >= 11 is 5.94. The molecule has 0 bridgehead atoms. The normalized spacial score (nSPS) is 9.95. The van der Waals surface area contributed by atoms with Crippen molar-refractivity contribution in [2.45, 2.75) is 6.42 Å². The van der Waals surface area contributed by atoms with Gasteiger partial charge >= 0.3 is 0 Å². The van der Waals surface area contributed by atoms with Crippen LogP contribution in [0.1, 0.15) is 5.56 Å². The number of benzene rings is 2. The molecular formula is C16H15ClN2O2. The van der Waals surface area contributed by atoms with Crippen molar-refractivity contribution in [2.24, 2.45) is 0 Å². The molecule has 108 valence electrons. The van der Waals surface area contributed by atoms with E-state index in [1.54, 1.807) is 24.3 Å². The molecule has 2 N–H and O–H groups in total. The molecule has 0 spiro atoms. The van der Waals surface area contributed by atoms with Gasteiger partial charge in [0.05, 0.1) is 23.7 Å². The van der Waals surface area contributed by atoms with E-state index in [0.29, 0.717) is 10.7 Å². The zero-order chi connectivity index (χ0) is 15.1. The molecule has 5 heteroatoms. The Morgan fingerprint density at radius 3 is 2.29 bits per heavy atom. The second kappa shape index (κ2) is 7.45. The second-order valence-electron chi connectivity index (χ2n) is 4.47. The maximum atomic E-state index is 11.7. The summed E-state index contributed by atoms with van der Waals surface area (Å²) in [5.41, 5.74) is 1.43. The first kappa shape index (κ1) is 15.1. The van der Waals surface area contributed by atoms with Crippen LogP contribution in [0.15, 0.2) is 54.6 Å². The molecule has 2 aromatic carbocycles. The van der Waals surface area contributed by atoms with E-state index in [-0.39, 0.29) is 24.8 Å². The largest absolute Gasteiger partial charge is 0.347 e. The number of carbonyl (C=O) groups excluding carboxylic acids is 2. The van der Waals surface area contributed by atoms with E-state index in [0.717, 1.165) is 5.56 Å². The van der Waals surface area contributed by atoms with E-state index in [1.807, 2.05) is 30.3 Å². The Bertz CT molecular complexity index is 629. The molecule has 2 amide bonds. The molecule has 0 atom stereocenters. The Kier molecular flexibility index (Phi) is 5.35. The lowest BCUT2D eigenvalue weighted by Crippen LogP contribution is -2.33. The average molecular weight is 303 g/mol. The first-order chi connectivity index (χ1) is 10.1. The minimum atomic E-state index is -0.315. The molecule has 0 unspecified atom stereocenters. The third-order valence-electron chi connectivity index (χ3n) is 2.80. The van der Waals surface area contributed by atoms with E-state index in [4.69, 9.17) is 11.6 Å². The monoisotopic (exact) mass is 302 g/mol.